The van der Waals surface area contributed by atoms with Crippen LogP contribution < -0.4 is 10.6 Å². The Hall–Kier alpha value is -1.39. The Morgan fingerprint density at radius 2 is 2.15 bits per heavy atom. The van der Waals surface area contributed by atoms with Gasteiger partial charge in [0.2, 0.25) is 17.7 Å². The van der Waals surface area contributed by atoms with Gasteiger partial charge in [0.15, 0.2) is 0 Å². The van der Waals surface area contributed by atoms with Crippen LogP contribution in [0.2, 0.25) is 0 Å². The molecule has 1 aliphatic heterocycles. The van der Waals surface area contributed by atoms with Gasteiger partial charge in [-0.1, -0.05) is 13.8 Å². The Morgan fingerprint density at radius 3 is 2.54 bits per heavy atom. The van der Waals surface area contributed by atoms with Gasteiger partial charge in [-0.3, -0.25) is 19.7 Å². The Morgan fingerprint density at radius 1 is 1.54 bits per heavy atom. The van der Waals surface area contributed by atoms with Crippen LogP contribution in [0.15, 0.2) is 0 Å². The van der Waals surface area contributed by atoms with Gasteiger partial charge in [0.05, 0.1) is 6.42 Å². The molecule has 1 aliphatic rings. The first-order valence-corrected chi connectivity index (χ1v) is 4.14. The minimum absolute atomic E-state index is 0.0529. The summed E-state index contributed by atoms with van der Waals surface area (Å²) in [5.41, 5.74) is 0. The van der Waals surface area contributed by atoms with E-state index >= 15 is 0 Å². The second-order valence-electron chi connectivity index (χ2n) is 3.33. The quantitative estimate of drug-likeness (QED) is 0.550. The highest BCUT2D eigenvalue weighted by Gasteiger charge is 2.31. The van der Waals surface area contributed by atoms with Gasteiger partial charge in [0.25, 0.3) is 0 Å². The highest BCUT2D eigenvalue weighted by atomic mass is 16.2. The second kappa shape index (κ2) is 3.55. The lowest BCUT2D eigenvalue weighted by Crippen LogP contribution is -2.41. The summed E-state index contributed by atoms with van der Waals surface area (Å²) in [7, 11) is 0. The largest absolute Gasteiger partial charge is 0.344 e. The molecule has 1 unspecified atom stereocenters. The summed E-state index contributed by atoms with van der Waals surface area (Å²) in [5, 5.41) is 4.61. The Bertz CT molecular complexity index is 260. The smallest absolute Gasteiger partial charge is 0.249 e. The maximum Gasteiger partial charge on any atom is 0.249 e. The number of hydrogen-bond acceptors (Lipinski definition) is 3. The Kier molecular flexibility index (Phi) is 2.65. The van der Waals surface area contributed by atoms with E-state index in [4.69, 9.17) is 0 Å². The maximum atomic E-state index is 11.1. The van der Waals surface area contributed by atoms with Gasteiger partial charge in [-0.25, -0.2) is 0 Å². The molecule has 0 aliphatic carbocycles. The summed E-state index contributed by atoms with van der Waals surface area (Å²) in [4.78, 5) is 32.9. The predicted molar refractivity (Wildman–Crippen MR) is 44.5 cm³/mol. The van der Waals surface area contributed by atoms with E-state index in [9.17, 15) is 14.4 Å². The van der Waals surface area contributed by atoms with Gasteiger partial charge in [0.1, 0.15) is 6.04 Å². The molecule has 1 saturated heterocycles. The molecule has 5 heteroatoms. The van der Waals surface area contributed by atoms with Gasteiger partial charge in [-0.15, -0.1) is 0 Å². The van der Waals surface area contributed by atoms with Gasteiger partial charge in [-0.05, 0) is 0 Å². The molecular weight excluding hydrogens is 172 g/mol. The van der Waals surface area contributed by atoms with E-state index in [1.54, 1.807) is 13.8 Å². The molecule has 1 atom stereocenters. The molecule has 1 fully saturated rings. The normalized spacial score (nSPS) is 21.9. The molecule has 0 aromatic heterocycles. The molecule has 72 valence electrons. The molecule has 13 heavy (non-hydrogen) atoms. The first-order chi connectivity index (χ1) is 6.00. The lowest BCUT2D eigenvalue weighted by molar-refractivity contribution is -0.129. The number of carbonyl (C=O) groups excluding carboxylic acids is 3. The van der Waals surface area contributed by atoms with Crippen molar-refractivity contribution < 1.29 is 14.4 Å². The summed E-state index contributed by atoms with van der Waals surface area (Å²) in [6.45, 7) is 3.45. The van der Waals surface area contributed by atoms with Crippen LogP contribution in [0, 0.1) is 5.92 Å². The number of amides is 3. The van der Waals surface area contributed by atoms with Crippen molar-refractivity contribution in [2.45, 2.75) is 26.3 Å². The monoisotopic (exact) mass is 184 g/mol. The van der Waals surface area contributed by atoms with Crippen molar-refractivity contribution in [3.8, 4) is 0 Å². The highest BCUT2D eigenvalue weighted by Crippen LogP contribution is 2.02. The zero-order valence-corrected chi connectivity index (χ0v) is 7.59. The third kappa shape index (κ3) is 2.27. The van der Waals surface area contributed by atoms with Crippen LogP contribution in [-0.4, -0.2) is 23.8 Å². The molecule has 1 rings (SSSR count). The molecule has 2 N–H and O–H groups in total. The van der Waals surface area contributed by atoms with Crippen LogP contribution in [0.4, 0.5) is 0 Å². The number of rotatable bonds is 2. The SMILES string of the molecule is CC(C)C(=O)NC1CC(=O)NC1=O. The van der Waals surface area contributed by atoms with Crippen molar-refractivity contribution >= 4 is 17.7 Å². The van der Waals surface area contributed by atoms with Crippen LogP contribution in [0.3, 0.4) is 0 Å². The molecule has 0 spiro atoms. The van der Waals surface area contributed by atoms with Gasteiger partial charge < -0.3 is 5.32 Å². The average Bonchev–Trinajstić information content (AvgIpc) is 2.30. The number of hydrogen-bond donors (Lipinski definition) is 2. The molecule has 0 bridgehead atoms. The third-order valence-electron chi connectivity index (χ3n) is 1.81. The fourth-order valence-electron chi connectivity index (χ4n) is 1.01. The number of carbonyl (C=O) groups is 3. The van der Waals surface area contributed by atoms with E-state index < -0.39 is 11.9 Å². The van der Waals surface area contributed by atoms with Crippen LogP contribution in [0.1, 0.15) is 20.3 Å². The third-order valence-corrected chi connectivity index (χ3v) is 1.81. The first kappa shape index (κ1) is 9.70. The molecule has 0 aromatic carbocycles. The molecule has 5 nitrogen and oxygen atoms in total. The van der Waals surface area contributed by atoms with E-state index in [1.165, 1.54) is 0 Å². The molecule has 1 heterocycles. The minimum atomic E-state index is -0.678. The van der Waals surface area contributed by atoms with Crippen LogP contribution in [0.25, 0.3) is 0 Å². The molecule has 3 amide bonds. The van der Waals surface area contributed by atoms with Crippen LogP contribution in [-0.2, 0) is 14.4 Å². The Balaban J connectivity index is 2.51. The topological polar surface area (TPSA) is 75.3 Å². The van der Waals surface area contributed by atoms with Crippen molar-refractivity contribution in [1.29, 1.82) is 0 Å². The van der Waals surface area contributed by atoms with Crippen molar-refractivity contribution in [1.82, 2.24) is 10.6 Å². The van der Waals surface area contributed by atoms with Crippen molar-refractivity contribution in [2.24, 2.45) is 5.92 Å². The van der Waals surface area contributed by atoms with Gasteiger partial charge in [0, 0.05) is 5.92 Å². The fourth-order valence-corrected chi connectivity index (χ4v) is 1.01. The Labute approximate surface area is 75.9 Å². The molecule has 0 saturated carbocycles. The second-order valence-corrected chi connectivity index (χ2v) is 3.33. The number of imide groups is 1. The van der Waals surface area contributed by atoms with E-state index in [0.29, 0.717) is 0 Å². The first-order valence-electron chi connectivity index (χ1n) is 4.14. The lowest BCUT2D eigenvalue weighted by Gasteiger charge is -2.10. The fraction of sp³-hybridized carbons (Fsp3) is 0.625. The van der Waals surface area contributed by atoms with Gasteiger partial charge in [-0.2, -0.15) is 0 Å². The summed E-state index contributed by atoms with van der Waals surface area (Å²) < 4.78 is 0. The minimum Gasteiger partial charge on any atom is -0.344 e. The molecule has 0 radical (unpaired) electrons. The van der Waals surface area contributed by atoms with Crippen LogP contribution in [0.5, 0.6) is 0 Å². The summed E-state index contributed by atoms with van der Waals surface area (Å²) in [6, 6.07) is -0.678. The predicted octanol–water partition coefficient (Wildman–Crippen LogP) is -0.826. The van der Waals surface area contributed by atoms with E-state index in [2.05, 4.69) is 10.6 Å². The van der Waals surface area contributed by atoms with E-state index in [-0.39, 0.29) is 24.2 Å². The zero-order valence-electron chi connectivity index (χ0n) is 7.59. The number of nitrogens with one attached hydrogen (secondary N) is 2. The van der Waals surface area contributed by atoms with E-state index in [1.807, 2.05) is 0 Å². The molecule has 0 aromatic rings. The summed E-state index contributed by atoms with van der Waals surface area (Å²) in [5.74, 6) is -1.14. The molecular formula is C8H12N2O3. The van der Waals surface area contributed by atoms with Crippen LogP contribution >= 0.6 is 0 Å². The summed E-state index contributed by atoms with van der Waals surface area (Å²) >= 11 is 0. The highest BCUT2D eigenvalue weighted by molar-refractivity contribution is 6.06. The van der Waals surface area contributed by atoms with Crippen molar-refractivity contribution in [3.63, 3.8) is 0 Å². The maximum absolute atomic E-state index is 11.1. The van der Waals surface area contributed by atoms with Crippen molar-refractivity contribution in [2.75, 3.05) is 0 Å². The van der Waals surface area contributed by atoms with Gasteiger partial charge >= 0.3 is 0 Å². The lowest BCUT2D eigenvalue weighted by atomic mass is 10.1. The summed E-state index contributed by atoms with van der Waals surface area (Å²) in [6.07, 6.45) is 0.0529. The van der Waals surface area contributed by atoms with E-state index in [0.717, 1.165) is 0 Å². The average molecular weight is 184 g/mol. The zero-order chi connectivity index (χ0) is 10.0. The standard InChI is InChI=1S/C8H12N2O3/c1-4(2)7(12)9-5-3-6(11)10-8(5)13/h4-5H,3H2,1-2H3,(H,9,12)(H,10,11,13). The van der Waals surface area contributed by atoms with Crippen molar-refractivity contribution in [3.05, 3.63) is 0 Å².